The van der Waals surface area contributed by atoms with E-state index in [1.54, 1.807) is 0 Å². The molecule has 0 aromatic heterocycles. The summed E-state index contributed by atoms with van der Waals surface area (Å²) in [6.07, 6.45) is -3.51. The first kappa shape index (κ1) is 11.8. The summed E-state index contributed by atoms with van der Waals surface area (Å²) in [7, 11) is 0. The quantitative estimate of drug-likeness (QED) is 0.304. The molecule has 2 amide bonds. The Morgan fingerprint density at radius 2 is 1.62 bits per heavy atom. The predicted octanol–water partition coefficient (Wildman–Crippen LogP) is -3.60. The first-order valence-electron chi connectivity index (χ1n) is 3.56. The van der Waals surface area contributed by atoms with Gasteiger partial charge in [-0.1, -0.05) is 0 Å². The SMILES string of the molecule is NC(=O)C(N)CC(O)C(O)C(N)=O. The molecule has 0 aromatic carbocycles. The average molecular weight is 191 g/mol. The van der Waals surface area contributed by atoms with Crippen LogP contribution in [0.1, 0.15) is 6.42 Å². The van der Waals surface area contributed by atoms with Crippen LogP contribution in [0.15, 0.2) is 0 Å². The third kappa shape index (κ3) is 3.83. The topological polar surface area (TPSA) is 153 Å². The smallest absolute Gasteiger partial charge is 0.248 e. The van der Waals surface area contributed by atoms with Crippen LogP contribution in [0.4, 0.5) is 0 Å². The fourth-order valence-electron chi connectivity index (χ4n) is 0.695. The van der Waals surface area contributed by atoms with Gasteiger partial charge in [0.2, 0.25) is 11.8 Å². The second-order valence-electron chi connectivity index (χ2n) is 2.66. The van der Waals surface area contributed by atoms with E-state index in [4.69, 9.17) is 21.7 Å². The van der Waals surface area contributed by atoms with Gasteiger partial charge in [-0.15, -0.1) is 0 Å². The summed E-state index contributed by atoms with van der Waals surface area (Å²) >= 11 is 0. The van der Waals surface area contributed by atoms with Crippen LogP contribution in [-0.2, 0) is 9.59 Å². The summed E-state index contributed by atoms with van der Waals surface area (Å²) < 4.78 is 0. The molecule has 0 fully saturated rings. The first-order chi connectivity index (χ1) is 5.86. The highest BCUT2D eigenvalue weighted by molar-refractivity contribution is 5.81. The lowest BCUT2D eigenvalue weighted by Crippen LogP contribution is -2.45. The molecule has 0 radical (unpaired) electrons. The van der Waals surface area contributed by atoms with Gasteiger partial charge in [-0.25, -0.2) is 0 Å². The number of aliphatic hydroxyl groups excluding tert-OH is 2. The van der Waals surface area contributed by atoms with Crippen molar-refractivity contribution in [1.82, 2.24) is 0 Å². The number of hydrogen-bond acceptors (Lipinski definition) is 5. The van der Waals surface area contributed by atoms with E-state index in [2.05, 4.69) is 5.73 Å². The summed E-state index contributed by atoms with van der Waals surface area (Å²) in [5.41, 5.74) is 14.6. The van der Waals surface area contributed by atoms with Crippen LogP contribution >= 0.6 is 0 Å². The van der Waals surface area contributed by atoms with Gasteiger partial charge in [0.05, 0.1) is 12.1 Å². The van der Waals surface area contributed by atoms with E-state index in [0.717, 1.165) is 0 Å². The zero-order valence-corrected chi connectivity index (χ0v) is 6.88. The summed E-state index contributed by atoms with van der Waals surface area (Å²) in [6, 6.07) is -1.11. The van der Waals surface area contributed by atoms with E-state index in [1.165, 1.54) is 0 Å². The van der Waals surface area contributed by atoms with Gasteiger partial charge in [0, 0.05) is 6.42 Å². The van der Waals surface area contributed by atoms with Gasteiger partial charge in [-0.3, -0.25) is 9.59 Å². The second kappa shape index (κ2) is 4.75. The van der Waals surface area contributed by atoms with Gasteiger partial charge < -0.3 is 27.4 Å². The Balaban J connectivity index is 4.06. The Bertz CT molecular complexity index is 208. The summed E-state index contributed by atoms with van der Waals surface area (Å²) in [6.45, 7) is 0. The molecule has 0 rings (SSSR count). The van der Waals surface area contributed by atoms with Crippen molar-refractivity contribution in [3.63, 3.8) is 0 Å². The van der Waals surface area contributed by atoms with Crippen molar-refractivity contribution in [2.75, 3.05) is 0 Å². The Labute approximate surface area is 74.5 Å². The number of aliphatic hydroxyl groups is 2. The maximum Gasteiger partial charge on any atom is 0.248 e. The van der Waals surface area contributed by atoms with Crippen molar-refractivity contribution < 1.29 is 19.8 Å². The van der Waals surface area contributed by atoms with Gasteiger partial charge in [-0.2, -0.15) is 0 Å². The molecule has 3 unspecified atom stereocenters. The minimum Gasteiger partial charge on any atom is -0.390 e. The molecule has 0 aromatic rings. The van der Waals surface area contributed by atoms with E-state index in [0.29, 0.717) is 0 Å². The lowest BCUT2D eigenvalue weighted by atomic mass is 10.0. The van der Waals surface area contributed by atoms with E-state index >= 15 is 0 Å². The van der Waals surface area contributed by atoms with Crippen LogP contribution in [0.5, 0.6) is 0 Å². The van der Waals surface area contributed by atoms with Crippen LogP contribution in [0.2, 0.25) is 0 Å². The third-order valence-electron chi connectivity index (χ3n) is 1.52. The molecule has 0 saturated heterocycles. The summed E-state index contributed by atoms with van der Waals surface area (Å²) in [5.74, 6) is -1.90. The van der Waals surface area contributed by atoms with Crippen LogP contribution in [0.25, 0.3) is 0 Å². The van der Waals surface area contributed by atoms with E-state index in [-0.39, 0.29) is 6.42 Å². The Hall–Kier alpha value is -1.18. The van der Waals surface area contributed by atoms with Crippen molar-refractivity contribution in [1.29, 1.82) is 0 Å². The monoisotopic (exact) mass is 191 g/mol. The average Bonchev–Trinajstić information content (AvgIpc) is 2.02. The number of amides is 2. The molecule has 0 spiro atoms. The Morgan fingerprint density at radius 1 is 1.15 bits per heavy atom. The lowest BCUT2D eigenvalue weighted by molar-refractivity contribution is -0.133. The molecular formula is C6H13N3O4. The van der Waals surface area contributed by atoms with Crippen LogP contribution < -0.4 is 17.2 Å². The summed E-state index contributed by atoms with van der Waals surface area (Å²) in [5, 5.41) is 18.0. The number of primary amides is 2. The second-order valence-corrected chi connectivity index (χ2v) is 2.66. The Morgan fingerprint density at radius 3 is 1.92 bits per heavy atom. The number of carbonyl (C=O) groups excluding carboxylic acids is 2. The van der Waals surface area contributed by atoms with Crippen molar-refractivity contribution >= 4 is 11.8 Å². The molecule has 7 nitrogen and oxygen atoms in total. The van der Waals surface area contributed by atoms with E-state index in [1.807, 2.05) is 0 Å². The molecule has 0 saturated carbocycles. The fourth-order valence-corrected chi connectivity index (χ4v) is 0.695. The van der Waals surface area contributed by atoms with Crippen molar-refractivity contribution in [2.45, 2.75) is 24.7 Å². The molecule has 7 heteroatoms. The molecule has 13 heavy (non-hydrogen) atoms. The zero-order chi connectivity index (χ0) is 10.6. The molecule has 0 bridgehead atoms. The van der Waals surface area contributed by atoms with Gasteiger partial charge in [0.15, 0.2) is 6.10 Å². The van der Waals surface area contributed by atoms with E-state index < -0.39 is 30.1 Å². The predicted molar refractivity (Wildman–Crippen MR) is 43.0 cm³/mol. The highest BCUT2D eigenvalue weighted by Crippen LogP contribution is 2.01. The minimum absolute atomic E-state index is 0.306. The molecule has 0 aliphatic carbocycles. The molecule has 0 heterocycles. The molecular weight excluding hydrogens is 178 g/mol. The molecule has 8 N–H and O–H groups in total. The maximum atomic E-state index is 10.4. The first-order valence-corrected chi connectivity index (χ1v) is 3.56. The number of rotatable bonds is 5. The number of hydrogen-bond donors (Lipinski definition) is 5. The maximum absolute atomic E-state index is 10.4. The highest BCUT2D eigenvalue weighted by Gasteiger charge is 2.25. The normalized spacial score (nSPS) is 17.5. The van der Waals surface area contributed by atoms with E-state index in [9.17, 15) is 9.59 Å². The van der Waals surface area contributed by atoms with Crippen LogP contribution in [0.3, 0.4) is 0 Å². The molecule has 0 aliphatic heterocycles. The molecule has 0 aliphatic rings. The molecule has 3 atom stereocenters. The van der Waals surface area contributed by atoms with Gasteiger partial charge in [0.25, 0.3) is 0 Å². The lowest BCUT2D eigenvalue weighted by Gasteiger charge is -2.16. The number of nitrogens with two attached hydrogens (primary N) is 3. The van der Waals surface area contributed by atoms with Gasteiger partial charge >= 0.3 is 0 Å². The molecule has 76 valence electrons. The van der Waals surface area contributed by atoms with Gasteiger partial charge in [0.1, 0.15) is 0 Å². The largest absolute Gasteiger partial charge is 0.390 e. The third-order valence-corrected chi connectivity index (χ3v) is 1.52. The van der Waals surface area contributed by atoms with Gasteiger partial charge in [-0.05, 0) is 0 Å². The van der Waals surface area contributed by atoms with Crippen molar-refractivity contribution in [3.05, 3.63) is 0 Å². The van der Waals surface area contributed by atoms with Crippen LogP contribution in [-0.4, -0.2) is 40.3 Å². The number of carbonyl (C=O) groups is 2. The highest BCUT2D eigenvalue weighted by atomic mass is 16.3. The minimum atomic E-state index is -1.73. The summed E-state index contributed by atoms with van der Waals surface area (Å²) in [4.78, 5) is 20.8. The Kier molecular flexibility index (Phi) is 4.32. The van der Waals surface area contributed by atoms with Crippen molar-refractivity contribution in [3.8, 4) is 0 Å². The van der Waals surface area contributed by atoms with Crippen molar-refractivity contribution in [2.24, 2.45) is 17.2 Å². The zero-order valence-electron chi connectivity index (χ0n) is 6.88. The standard InChI is InChI=1S/C6H13N3O4/c7-2(5(8)12)1-3(10)4(11)6(9)13/h2-4,10-11H,1,7H2,(H2,8,12)(H2,9,13). The fraction of sp³-hybridized carbons (Fsp3) is 0.667. The van der Waals surface area contributed by atoms with Crippen LogP contribution in [0, 0.1) is 0 Å².